The number of alkyl halides is 5. The summed E-state index contributed by atoms with van der Waals surface area (Å²) in [5.41, 5.74) is 1.64. The van der Waals surface area contributed by atoms with E-state index in [1.165, 1.54) is 19.1 Å². The predicted octanol–water partition coefficient (Wildman–Crippen LogP) is 4.71. The van der Waals surface area contributed by atoms with Gasteiger partial charge in [0.2, 0.25) is 0 Å². The molecule has 1 rings (SSSR count). The Bertz CT molecular complexity index is 439. The van der Waals surface area contributed by atoms with E-state index in [0.717, 1.165) is 5.56 Å². The Morgan fingerprint density at radius 3 is 2.11 bits per heavy atom. The summed E-state index contributed by atoms with van der Waals surface area (Å²) in [5, 5.41) is 0. The Kier molecular flexibility index (Phi) is 4.90. The van der Waals surface area contributed by atoms with Crippen molar-refractivity contribution in [3.8, 4) is 0 Å². The molecule has 1 atom stereocenters. The van der Waals surface area contributed by atoms with Gasteiger partial charge in [-0.05, 0) is 42.5 Å². The van der Waals surface area contributed by atoms with Crippen molar-refractivity contribution < 1.29 is 26.7 Å². The minimum Gasteiger partial charge on any atom is -0.305 e. The van der Waals surface area contributed by atoms with Crippen molar-refractivity contribution in [3.05, 3.63) is 34.4 Å². The molecule has 1 nitrogen and oxygen atoms in total. The van der Waals surface area contributed by atoms with Crippen molar-refractivity contribution in [1.29, 1.82) is 0 Å². The Morgan fingerprint density at radius 2 is 1.68 bits per heavy atom. The van der Waals surface area contributed by atoms with Crippen LogP contribution in [0.5, 0.6) is 0 Å². The minimum atomic E-state index is -4.87. The monoisotopic (exact) mass is 282 g/mol. The Morgan fingerprint density at radius 1 is 1.11 bits per heavy atom. The summed E-state index contributed by atoms with van der Waals surface area (Å²) >= 11 is 0. The van der Waals surface area contributed by atoms with Crippen LogP contribution in [0, 0.1) is 13.8 Å². The number of aryl methyl sites for hydroxylation is 1. The molecule has 1 aromatic rings. The summed E-state index contributed by atoms with van der Waals surface area (Å²) < 4.78 is 66.5. The molecule has 0 aromatic heterocycles. The maximum atomic E-state index is 12.8. The molecule has 6 heteroatoms. The Balaban J connectivity index is 3.28. The van der Waals surface area contributed by atoms with Gasteiger partial charge >= 0.3 is 12.8 Å². The molecule has 0 amide bonds. The molecule has 0 fully saturated rings. The van der Waals surface area contributed by atoms with Crippen molar-refractivity contribution in [2.24, 2.45) is 0 Å². The van der Waals surface area contributed by atoms with E-state index < -0.39 is 18.9 Å². The highest BCUT2D eigenvalue weighted by atomic mass is 19.4. The van der Waals surface area contributed by atoms with Crippen molar-refractivity contribution >= 4 is 0 Å². The molecule has 19 heavy (non-hydrogen) atoms. The van der Waals surface area contributed by atoms with Crippen LogP contribution in [0.25, 0.3) is 0 Å². The lowest BCUT2D eigenvalue weighted by molar-refractivity contribution is -0.277. The average molecular weight is 282 g/mol. The molecule has 0 aliphatic carbocycles. The molecule has 108 valence electrons. The Hall–Kier alpha value is -1.17. The van der Waals surface area contributed by atoms with Crippen LogP contribution in [0.2, 0.25) is 0 Å². The van der Waals surface area contributed by atoms with Gasteiger partial charge in [-0.25, -0.2) is 0 Å². The molecule has 0 spiro atoms. The number of ether oxygens (including phenoxy) is 1. The second kappa shape index (κ2) is 5.86. The standard InChI is InChI=1S/C13H15F5O/c1-4-9-5-6-10(8(3)7(9)2)11(13(16,17)18)19-12(14)15/h5-6,11-12H,4H2,1-3H3. The van der Waals surface area contributed by atoms with Gasteiger partial charge in [-0.2, -0.15) is 22.0 Å². The smallest absolute Gasteiger partial charge is 0.305 e. The van der Waals surface area contributed by atoms with Gasteiger partial charge in [-0.1, -0.05) is 19.1 Å². The fourth-order valence-electron chi connectivity index (χ4n) is 1.99. The molecule has 1 aromatic carbocycles. The fourth-order valence-corrected chi connectivity index (χ4v) is 1.99. The lowest BCUT2D eigenvalue weighted by atomic mass is 9.93. The van der Waals surface area contributed by atoms with Crippen LogP contribution in [0.4, 0.5) is 22.0 Å². The lowest BCUT2D eigenvalue weighted by Crippen LogP contribution is -2.26. The van der Waals surface area contributed by atoms with Gasteiger partial charge in [-0.3, -0.25) is 0 Å². The van der Waals surface area contributed by atoms with Crippen LogP contribution in [0.1, 0.15) is 35.3 Å². The number of halogens is 5. The molecule has 0 saturated heterocycles. The van der Waals surface area contributed by atoms with Gasteiger partial charge in [0.25, 0.3) is 0 Å². The van der Waals surface area contributed by atoms with Crippen LogP contribution in [0.15, 0.2) is 12.1 Å². The van der Waals surface area contributed by atoms with Crippen molar-refractivity contribution in [3.63, 3.8) is 0 Å². The van der Waals surface area contributed by atoms with Crippen LogP contribution in [-0.2, 0) is 11.2 Å². The third-order valence-corrected chi connectivity index (χ3v) is 3.14. The van der Waals surface area contributed by atoms with Gasteiger partial charge < -0.3 is 4.74 Å². The first-order valence-electron chi connectivity index (χ1n) is 5.77. The second-order valence-corrected chi connectivity index (χ2v) is 4.24. The topological polar surface area (TPSA) is 9.23 Å². The number of benzene rings is 1. The highest BCUT2D eigenvalue weighted by molar-refractivity contribution is 5.41. The molecule has 0 N–H and O–H groups in total. The molecule has 0 aliphatic rings. The first kappa shape index (κ1) is 15.9. The van der Waals surface area contributed by atoms with Crippen molar-refractivity contribution in [2.45, 2.75) is 46.1 Å². The Labute approximate surface area is 108 Å². The molecule has 0 bridgehead atoms. The SMILES string of the molecule is CCc1ccc(C(OC(F)F)C(F)(F)F)c(C)c1C. The third-order valence-electron chi connectivity index (χ3n) is 3.14. The van der Waals surface area contributed by atoms with E-state index >= 15 is 0 Å². The van der Waals surface area contributed by atoms with E-state index in [9.17, 15) is 22.0 Å². The summed E-state index contributed by atoms with van der Waals surface area (Å²) in [6.07, 6.45) is -6.81. The van der Waals surface area contributed by atoms with E-state index in [4.69, 9.17) is 0 Å². The summed E-state index contributed by atoms with van der Waals surface area (Å²) in [4.78, 5) is 0. The highest BCUT2D eigenvalue weighted by Crippen LogP contribution is 2.39. The van der Waals surface area contributed by atoms with Crippen LogP contribution >= 0.6 is 0 Å². The quantitative estimate of drug-likeness (QED) is 0.727. The number of hydrogen-bond donors (Lipinski definition) is 0. The van der Waals surface area contributed by atoms with Gasteiger partial charge in [0, 0.05) is 0 Å². The largest absolute Gasteiger partial charge is 0.419 e. The molecular formula is C13H15F5O. The van der Waals surface area contributed by atoms with Gasteiger partial charge in [0.05, 0.1) is 0 Å². The van der Waals surface area contributed by atoms with Gasteiger partial charge in [0.15, 0.2) is 6.10 Å². The molecule has 1 unspecified atom stereocenters. The molecule has 0 saturated carbocycles. The third kappa shape index (κ3) is 3.65. The number of hydrogen-bond acceptors (Lipinski definition) is 1. The van der Waals surface area contributed by atoms with Gasteiger partial charge in [-0.15, -0.1) is 0 Å². The van der Waals surface area contributed by atoms with E-state index in [0.29, 0.717) is 17.5 Å². The van der Waals surface area contributed by atoms with Crippen molar-refractivity contribution in [1.82, 2.24) is 0 Å². The highest BCUT2D eigenvalue weighted by Gasteiger charge is 2.44. The first-order chi connectivity index (χ1) is 8.68. The maximum absolute atomic E-state index is 12.8. The van der Waals surface area contributed by atoms with E-state index in [2.05, 4.69) is 4.74 Å². The summed E-state index contributed by atoms with van der Waals surface area (Å²) in [5.74, 6) is 0. The zero-order valence-corrected chi connectivity index (χ0v) is 10.8. The summed E-state index contributed by atoms with van der Waals surface area (Å²) in [6.45, 7) is 1.56. The second-order valence-electron chi connectivity index (χ2n) is 4.24. The van der Waals surface area contributed by atoms with Crippen molar-refractivity contribution in [2.75, 3.05) is 0 Å². The van der Waals surface area contributed by atoms with Crippen LogP contribution in [0.3, 0.4) is 0 Å². The molecule has 0 aliphatic heterocycles. The predicted molar refractivity (Wildman–Crippen MR) is 61.2 cm³/mol. The molecule has 0 radical (unpaired) electrons. The molecule has 0 heterocycles. The van der Waals surface area contributed by atoms with E-state index in [1.807, 2.05) is 6.92 Å². The van der Waals surface area contributed by atoms with Gasteiger partial charge in [0.1, 0.15) is 0 Å². The first-order valence-corrected chi connectivity index (χ1v) is 5.77. The normalized spacial score (nSPS) is 13.9. The van der Waals surface area contributed by atoms with E-state index in [1.54, 1.807) is 6.92 Å². The lowest BCUT2D eigenvalue weighted by Gasteiger charge is -2.23. The minimum absolute atomic E-state index is 0.262. The van der Waals surface area contributed by atoms with E-state index in [-0.39, 0.29) is 5.56 Å². The number of rotatable bonds is 4. The zero-order chi connectivity index (χ0) is 14.8. The molecular weight excluding hydrogens is 267 g/mol. The summed E-state index contributed by atoms with van der Waals surface area (Å²) in [7, 11) is 0. The van der Waals surface area contributed by atoms with Crippen LogP contribution in [-0.4, -0.2) is 12.8 Å². The average Bonchev–Trinajstić information content (AvgIpc) is 2.28. The van der Waals surface area contributed by atoms with Crippen LogP contribution < -0.4 is 0 Å². The fraction of sp³-hybridized carbons (Fsp3) is 0.538. The zero-order valence-electron chi connectivity index (χ0n) is 10.8. The maximum Gasteiger partial charge on any atom is 0.419 e. The summed E-state index contributed by atoms with van der Waals surface area (Å²) in [6, 6.07) is 2.73.